The van der Waals surface area contributed by atoms with Gasteiger partial charge < -0.3 is 10.1 Å². The quantitative estimate of drug-likeness (QED) is 0.694. The van der Waals surface area contributed by atoms with Gasteiger partial charge in [0.15, 0.2) is 0 Å². The summed E-state index contributed by atoms with van der Waals surface area (Å²) in [5.74, 6) is 2.31. The standard InChI is InChI=1S/C26H31NO2/c1-3-29-23-7-5-4-6-22(23)27-24(28)26-15-19-12-20(16-26)14-25(13-19,17-26)21-10-8-18(2)9-11-21/h4-11,19-20H,3,12-17H2,1-2H3,(H,27,28)/t19-,20+,25?,26?. The molecule has 0 aliphatic heterocycles. The van der Waals surface area contributed by atoms with Crippen LogP contribution >= 0.6 is 0 Å². The molecule has 0 radical (unpaired) electrons. The van der Waals surface area contributed by atoms with Crippen molar-refractivity contribution in [2.24, 2.45) is 17.3 Å². The molecule has 1 N–H and O–H groups in total. The molecule has 6 rings (SSSR count). The Balaban J connectivity index is 1.46. The molecule has 1 amide bonds. The molecule has 3 heteroatoms. The maximum Gasteiger partial charge on any atom is 0.230 e. The van der Waals surface area contributed by atoms with Crippen LogP contribution in [0.3, 0.4) is 0 Å². The third-order valence-electron chi connectivity index (χ3n) is 7.64. The van der Waals surface area contributed by atoms with Gasteiger partial charge in [-0.1, -0.05) is 42.0 Å². The highest BCUT2D eigenvalue weighted by Crippen LogP contribution is 2.66. The van der Waals surface area contributed by atoms with Gasteiger partial charge in [0.2, 0.25) is 5.91 Å². The lowest BCUT2D eigenvalue weighted by Crippen LogP contribution is -2.58. The van der Waals surface area contributed by atoms with Crippen LogP contribution in [0, 0.1) is 24.2 Å². The minimum absolute atomic E-state index is 0.175. The lowest BCUT2D eigenvalue weighted by molar-refractivity contribution is -0.143. The number of benzene rings is 2. The molecule has 4 aliphatic rings. The van der Waals surface area contributed by atoms with E-state index in [4.69, 9.17) is 4.74 Å². The first-order valence-electron chi connectivity index (χ1n) is 11.1. The normalized spacial score (nSPS) is 32.2. The van der Waals surface area contributed by atoms with Gasteiger partial charge in [-0.3, -0.25) is 4.79 Å². The predicted octanol–water partition coefficient (Wildman–Crippen LogP) is 5.87. The summed E-state index contributed by atoms with van der Waals surface area (Å²) in [6, 6.07) is 16.9. The van der Waals surface area contributed by atoms with E-state index in [0.29, 0.717) is 18.4 Å². The van der Waals surface area contributed by atoms with Crippen LogP contribution in [-0.4, -0.2) is 12.5 Å². The summed E-state index contributed by atoms with van der Waals surface area (Å²) in [4.78, 5) is 13.7. The molecule has 2 aromatic rings. The van der Waals surface area contributed by atoms with Crippen LogP contribution in [0.2, 0.25) is 0 Å². The average molecular weight is 390 g/mol. The van der Waals surface area contributed by atoms with Crippen molar-refractivity contribution in [2.45, 2.75) is 57.8 Å². The van der Waals surface area contributed by atoms with E-state index in [1.165, 1.54) is 30.4 Å². The SMILES string of the molecule is CCOc1ccccc1NC(=O)C12C[C@H]3C[C@@H](C1)CC(c1ccc(C)cc1)(C3)C2. The van der Waals surface area contributed by atoms with Crippen molar-refractivity contribution in [3.63, 3.8) is 0 Å². The first-order valence-corrected chi connectivity index (χ1v) is 11.1. The van der Waals surface area contributed by atoms with Crippen LogP contribution in [-0.2, 0) is 10.2 Å². The van der Waals surface area contributed by atoms with Crippen LogP contribution < -0.4 is 10.1 Å². The first kappa shape index (κ1) is 18.7. The fraction of sp³-hybridized carbons (Fsp3) is 0.500. The number of aryl methyl sites for hydroxylation is 1. The van der Waals surface area contributed by atoms with Gasteiger partial charge in [0.1, 0.15) is 5.75 Å². The molecule has 152 valence electrons. The minimum Gasteiger partial charge on any atom is -0.492 e. The maximum absolute atomic E-state index is 13.7. The largest absolute Gasteiger partial charge is 0.492 e. The molecule has 0 heterocycles. The Morgan fingerprint density at radius 2 is 1.72 bits per heavy atom. The van der Waals surface area contributed by atoms with Crippen LogP contribution in [0.5, 0.6) is 5.75 Å². The molecule has 4 fully saturated rings. The van der Waals surface area contributed by atoms with E-state index in [1.54, 1.807) is 0 Å². The molecule has 4 atom stereocenters. The van der Waals surface area contributed by atoms with Crippen molar-refractivity contribution in [2.75, 3.05) is 11.9 Å². The fourth-order valence-corrected chi connectivity index (χ4v) is 6.88. The third-order valence-corrected chi connectivity index (χ3v) is 7.64. The third kappa shape index (κ3) is 3.15. The highest BCUT2D eigenvalue weighted by atomic mass is 16.5. The number of anilines is 1. The molecule has 0 spiro atoms. The van der Waals surface area contributed by atoms with E-state index in [9.17, 15) is 4.79 Å². The van der Waals surface area contributed by atoms with Crippen molar-refractivity contribution in [1.29, 1.82) is 0 Å². The average Bonchev–Trinajstić information content (AvgIpc) is 2.69. The Bertz CT molecular complexity index is 903. The van der Waals surface area contributed by atoms with Crippen molar-refractivity contribution >= 4 is 11.6 Å². The van der Waals surface area contributed by atoms with Crippen molar-refractivity contribution in [3.8, 4) is 5.75 Å². The zero-order valence-corrected chi connectivity index (χ0v) is 17.5. The van der Waals surface area contributed by atoms with Gasteiger partial charge >= 0.3 is 0 Å². The highest BCUT2D eigenvalue weighted by Gasteiger charge is 2.60. The van der Waals surface area contributed by atoms with Gasteiger partial charge in [0.05, 0.1) is 17.7 Å². The number of amides is 1. The van der Waals surface area contributed by atoms with Crippen LogP contribution in [0.15, 0.2) is 48.5 Å². The number of hydrogen-bond acceptors (Lipinski definition) is 2. The van der Waals surface area contributed by atoms with E-state index < -0.39 is 0 Å². The van der Waals surface area contributed by atoms with Gasteiger partial charge in [0.25, 0.3) is 0 Å². The molecule has 4 bridgehead atoms. The summed E-state index contributed by atoms with van der Waals surface area (Å²) in [7, 11) is 0. The van der Waals surface area contributed by atoms with Gasteiger partial charge in [0, 0.05) is 0 Å². The van der Waals surface area contributed by atoms with Gasteiger partial charge in [-0.05, 0) is 87.3 Å². The zero-order chi connectivity index (χ0) is 20.1. The molecular weight excluding hydrogens is 358 g/mol. The van der Waals surface area contributed by atoms with E-state index in [1.807, 2.05) is 31.2 Å². The molecule has 2 unspecified atom stereocenters. The number of carbonyl (C=O) groups is 1. The second-order valence-corrected chi connectivity index (χ2v) is 9.77. The molecular formula is C26H31NO2. The molecule has 4 saturated carbocycles. The second kappa shape index (κ2) is 6.90. The van der Waals surface area contributed by atoms with E-state index in [2.05, 4.69) is 36.5 Å². The molecule has 0 aromatic heterocycles. The van der Waals surface area contributed by atoms with Gasteiger partial charge in [-0.2, -0.15) is 0 Å². The highest BCUT2D eigenvalue weighted by molar-refractivity contribution is 5.97. The van der Waals surface area contributed by atoms with Crippen LogP contribution in [0.4, 0.5) is 5.69 Å². The molecule has 2 aromatic carbocycles. The van der Waals surface area contributed by atoms with Crippen molar-refractivity contribution in [3.05, 3.63) is 59.7 Å². The number of ether oxygens (including phenoxy) is 1. The smallest absolute Gasteiger partial charge is 0.230 e. The van der Waals surface area contributed by atoms with E-state index >= 15 is 0 Å². The number of rotatable bonds is 5. The Morgan fingerprint density at radius 3 is 2.41 bits per heavy atom. The lowest BCUT2D eigenvalue weighted by Gasteiger charge is -2.61. The Kier molecular flexibility index (Phi) is 4.45. The molecule has 29 heavy (non-hydrogen) atoms. The first-order chi connectivity index (χ1) is 14.0. The Hall–Kier alpha value is -2.29. The summed E-state index contributed by atoms with van der Waals surface area (Å²) >= 11 is 0. The summed E-state index contributed by atoms with van der Waals surface area (Å²) in [6.45, 7) is 4.72. The van der Waals surface area contributed by atoms with Crippen molar-refractivity contribution < 1.29 is 9.53 Å². The second-order valence-electron chi connectivity index (χ2n) is 9.77. The summed E-state index contributed by atoms with van der Waals surface area (Å²) < 4.78 is 5.74. The molecule has 3 nitrogen and oxygen atoms in total. The van der Waals surface area contributed by atoms with Gasteiger partial charge in [-0.15, -0.1) is 0 Å². The summed E-state index contributed by atoms with van der Waals surface area (Å²) in [5.41, 5.74) is 3.49. The number of carbonyl (C=O) groups excluding carboxylic acids is 1. The Labute approximate surface area is 173 Å². The summed E-state index contributed by atoms with van der Waals surface area (Å²) in [6.07, 6.45) is 6.87. The fourth-order valence-electron chi connectivity index (χ4n) is 6.88. The molecule has 4 aliphatic carbocycles. The van der Waals surface area contributed by atoms with Crippen LogP contribution in [0.25, 0.3) is 0 Å². The van der Waals surface area contributed by atoms with Gasteiger partial charge in [-0.25, -0.2) is 0 Å². The monoisotopic (exact) mass is 389 g/mol. The maximum atomic E-state index is 13.7. The van der Waals surface area contributed by atoms with E-state index in [-0.39, 0.29) is 16.7 Å². The topological polar surface area (TPSA) is 38.3 Å². The van der Waals surface area contributed by atoms with E-state index in [0.717, 1.165) is 30.7 Å². The number of nitrogens with one attached hydrogen (secondary N) is 1. The minimum atomic E-state index is -0.242. The Morgan fingerprint density at radius 1 is 1.03 bits per heavy atom. The van der Waals surface area contributed by atoms with Crippen LogP contribution in [0.1, 0.15) is 56.6 Å². The lowest BCUT2D eigenvalue weighted by atomic mass is 9.42. The number of para-hydroxylation sites is 2. The number of hydrogen-bond donors (Lipinski definition) is 1. The zero-order valence-electron chi connectivity index (χ0n) is 17.5. The predicted molar refractivity (Wildman–Crippen MR) is 116 cm³/mol. The molecule has 0 saturated heterocycles. The summed E-state index contributed by atoms with van der Waals surface area (Å²) in [5, 5.41) is 3.27. The van der Waals surface area contributed by atoms with Crippen molar-refractivity contribution in [1.82, 2.24) is 0 Å².